The zero-order valence-electron chi connectivity index (χ0n) is 16.6. The maximum atomic E-state index is 13.0. The Balaban J connectivity index is 1.82. The van der Waals surface area contributed by atoms with Gasteiger partial charge in [0.15, 0.2) is 0 Å². The molecule has 1 amide bonds. The summed E-state index contributed by atoms with van der Waals surface area (Å²) >= 11 is 0. The minimum atomic E-state index is -0.148. The molecule has 0 aliphatic carbocycles. The number of rotatable bonds is 7. The minimum absolute atomic E-state index is 0.00595. The molecule has 0 fully saturated rings. The molecule has 3 aromatic rings. The number of aromatic amines is 1. The Labute approximate surface area is 165 Å². The van der Waals surface area contributed by atoms with E-state index in [4.69, 9.17) is 4.74 Å². The van der Waals surface area contributed by atoms with Gasteiger partial charge in [0.05, 0.1) is 20.1 Å². The summed E-state index contributed by atoms with van der Waals surface area (Å²) in [6, 6.07) is 17.0. The van der Waals surface area contributed by atoms with Crippen LogP contribution in [0.15, 0.2) is 59.4 Å². The van der Waals surface area contributed by atoms with Gasteiger partial charge in [-0.15, -0.1) is 0 Å². The third-order valence-corrected chi connectivity index (χ3v) is 4.64. The first-order chi connectivity index (χ1) is 13.5. The number of hydrogen-bond donors (Lipinski definition) is 1. The standard InChI is InChI=1S/C23H26N2O3/c1-16(2)14-25(22(26)12-17-8-10-20(28-3)11-9-17)15-19-13-18-6-4-5-7-21(18)24-23(19)27/h4-11,13,16H,12,14-15H2,1-3H3,(H,24,27). The molecule has 1 aromatic heterocycles. The van der Waals surface area contributed by atoms with Gasteiger partial charge in [-0.25, -0.2) is 0 Å². The number of fused-ring (bicyclic) bond motifs is 1. The molecular weight excluding hydrogens is 352 g/mol. The second-order valence-corrected chi connectivity index (χ2v) is 7.40. The number of aromatic nitrogens is 1. The number of nitrogens with one attached hydrogen (secondary N) is 1. The monoisotopic (exact) mass is 378 g/mol. The number of hydrogen-bond acceptors (Lipinski definition) is 3. The van der Waals surface area contributed by atoms with Crippen molar-refractivity contribution in [3.63, 3.8) is 0 Å². The number of pyridine rings is 1. The number of para-hydroxylation sites is 1. The van der Waals surface area contributed by atoms with Gasteiger partial charge in [-0.2, -0.15) is 0 Å². The van der Waals surface area contributed by atoms with Crippen molar-refractivity contribution >= 4 is 16.8 Å². The quantitative estimate of drug-likeness (QED) is 0.681. The van der Waals surface area contributed by atoms with E-state index in [2.05, 4.69) is 18.8 Å². The maximum absolute atomic E-state index is 13.0. The zero-order chi connectivity index (χ0) is 20.1. The molecule has 5 nitrogen and oxygen atoms in total. The van der Waals surface area contributed by atoms with Crippen molar-refractivity contribution in [3.8, 4) is 5.75 Å². The van der Waals surface area contributed by atoms with Crippen molar-refractivity contribution in [3.05, 3.63) is 76.1 Å². The highest BCUT2D eigenvalue weighted by Crippen LogP contribution is 2.15. The fourth-order valence-electron chi connectivity index (χ4n) is 3.24. The summed E-state index contributed by atoms with van der Waals surface area (Å²) < 4.78 is 5.17. The lowest BCUT2D eigenvalue weighted by Crippen LogP contribution is -2.36. The molecule has 2 aromatic carbocycles. The second-order valence-electron chi connectivity index (χ2n) is 7.40. The summed E-state index contributed by atoms with van der Waals surface area (Å²) in [7, 11) is 1.62. The van der Waals surface area contributed by atoms with Crippen molar-refractivity contribution in [2.45, 2.75) is 26.8 Å². The number of H-pyrrole nitrogens is 1. The Morgan fingerprint density at radius 3 is 2.50 bits per heavy atom. The normalized spacial score (nSPS) is 11.0. The highest BCUT2D eigenvalue weighted by atomic mass is 16.5. The van der Waals surface area contributed by atoms with E-state index in [-0.39, 0.29) is 11.5 Å². The Hall–Kier alpha value is -3.08. The molecule has 146 valence electrons. The first kappa shape index (κ1) is 19.7. The SMILES string of the molecule is COc1ccc(CC(=O)N(Cc2cc3ccccc3[nH]c2=O)CC(C)C)cc1. The van der Waals surface area contributed by atoms with Gasteiger partial charge in [0.25, 0.3) is 5.56 Å². The predicted octanol–water partition coefficient (Wildman–Crippen LogP) is 3.76. The molecule has 0 atom stereocenters. The Bertz CT molecular complexity index is 1010. The Morgan fingerprint density at radius 1 is 1.11 bits per heavy atom. The molecule has 0 saturated heterocycles. The summed E-state index contributed by atoms with van der Waals surface area (Å²) in [5.41, 5.74) is 2.18. The van der Waals surface area contributed by atoms with Crippen LogP contribution in [0.5, 0.6) is 5.75 Å². The van der Waals surface area contributed by atoms with Gasteiger partial charge in [-0.05, 0) is 41.1 Å². The lowest BCUT2D eigenvalue weighted by atomic mass is 10.1. The molecule has 0 spiro atoms. The molecule has 0 saturated carbocycles. The predicted molar refractivity (Wildman–Crippen MR) is 112 cm³/mol. The third kappa shape index (κ3) is 4.80. The lowest BCUT2D eigenvalue weighted by Gasteiger charge is -2.25. The van der Waals surface area contributed by atoms with Crippen LogP contribution in [0.2, 0.25) is 0 Å². The van der Waals surface area contributed by atoms with Crippen LogP contribution in [-0.2, 0) is 17.8 Å². The van der Waals surface area contributed by atoms with Gasteiger partial charge in [-0.3, -0.25) is 9.59 Å². The van der Waals surface area contributed by atoms with E-state index in [0.717, 1.165) is 22.2 Å². The van der Waals surface area contributed by atoms with Crippen LogP contribution in [0.3, 0.4) is 0 Å². The van der Waals surface area contributed by atoms with Crippen LogP contribution in [0.4, 0.5) is 0 Å². The maximum Gasteiger partial charge on any atom is 0.253 e. The highest BCUT2D eigenvalue weighted by Gasteiger charge is 2.18. The highest BCUT2D eigenvalue weighted by molar-refractivity contribution is 5.80. The lowest BCUT2D eigenvalue weighted by molar-refractivity contribution is -0.131. The number of ether oxygens (including phenoxy) is 1. The molecule has 1 heterocycles. The summed E-state index contributed by atoms with van der Waals surface area (Å²) in [6.07, 6.45) is 0.294. The Kier molecular flexibility index (Phi) is 6.14. The first-order valence-electron chi connectivity index (χ1n) is 9.48. The molecular formula is C23H26N2O3. The van der Waals surface area contributed by atoms with Crippen LogP contribution in [-0.4, -0.2) is 29.4 Å². The van der Waals surface area contributed by atoms with Gasteiger partial charge >= 0.3 is 0 Å². The van der Waals surface area contributed by atoms with Crippen molar-refractivity contribution in [1.29, 1.82) is 0 Å². The summed E-state index contributed by atoms with van der Waals surface area (Å²) in [5.74, 6) is 1.07. The van der Waals surface area contributed by atoms with Gasteiger partial charge < -0.3 is 14.6 Å². The van der Waals surface area contributed by atoms with E-state index in [1.807, 2.05) is 54.6 Å². The summed E-state index contributed by atoms with van der Waals surface area (Å²) in [6.45, 7) is 5.03. The number of carbonyl (C=O) groups excluding carboxylic acids is 1. The molecule has 28 heavy (non-hydrogen) atoms. The van der Waals surface area contributed by atoms with Crippen molar-refractivity contribution < 1.29 is 9.53 Å². The number of methoxy groups -OCH3 is 1. The molecule has 0 unspecified atom stereocenters. The van der Waals surface area contributed by atoms with E-state index in [1.165, 1.54) is 0 Å². The number of benzene rings is 2. The van der Waals surface area contributed by atoms with Gasteiger partial charge in [0, 0.05) is 17.6 Å². The average molecular weight is 378 g/mol. The Morgan fingerprint density at radius 2 is 1.82 bits per heavy atom. The second kappa shape index (κ2) is 8.74. The van der Waals surface area contributed by atoms with Crippen molar-refractivity contribution in [2.24, 2.45) is 5.92 Å². The summed E-state index contributed by atoms with van der Waals surface area (Å²) in [5, 5.41) is 0.962. The largest absolute Gasteiger partial charge is 0.497 e. The van der Waals surface area contributed by atoms with E-state index >= 15 is 0 Å². The fourth-order valence-corrected chi connectivity index (χ4v) is 3.24. The molecule has 1 N–H and O–H groups in total. The zero-order valence-corrected chi connectivity index (χ0v) is 16.6. The number of nitrogens with zero attached hydrogens (tertiary/aromatic N) is 1. The first-order valence-corrected chi connectivity index (χ1v) is 9.48. The van der Waals surface area contributed by atoms with E-state index < -0.39 is 0 Å². The molecule has 0 radical (unpaired) electrons. The third-order valence-electron chi connectivity index (χ3n) is 4.64. The summed E-state index contributed by atoms with van der Waals surface area (Å²) in [4.78, 5) is 30.1. The van der Waals surface area contributed by atoms with Crippen LogP contribution in [0.1, 0.15) is 25.0 Å². The van der Waals surface area contributed by atoms with Crippen LogP contribution in [0.25, 0.3) is 10.9 Å². The van der Waals surface area contributed by atoms with Gasteiger partial charge in [-0.1, -0.05) is 44.2 Å². The molecule has 0 bridgehead atoms. The van der Waals surface area contributed by atoms with Crippen LogP contribution in [0, 0.1) is 5.92 Å². The minimum Gasteiger partial charge on any atom is -0.497 e. The van der Waals surface area contributed by atoms with Crippen molar-refractivity contribution in [2.75, 3.05) is 13.7 Å². The molecule has 5 heteroatoms. The topological polar surface area (TPSA) is 62.4 Å². The van der Waals surface area contributed by atoms with Crippen molar-refractivity contribution in [1.82, 2.24) is 9.88 Å². The number of carbonyl (C=O) groups is 1. The van der Waals surface area contributed by atoms with Crippen LogP contribution < -0.4 is 10.3 Å². The molecule has 3 rings (SSSR count). The van der Waals surface area contributed by atoms with Gasteiger partial charge in [0.1, 0.15) is 5.75 Å². The van der Waals surface area contributed by atoms with E-state index in [1.54, 1.807) is 12.0 Å². The van der Waals surface area contributed by atoms with Crippen LogP contribution >= 0.6 is 0 Å². The van der Waals surface area contributed by atoms with E-state index in [9.17, 15) is 9.59 Å². The average Bonchev–Trinajstić information content (AvgIpc) is 2.68. The molecule has 0 aliphatic heterocycles. The number of amides is 1. The smallest absolute Gasteiger partial charge is 0.253 e. The fraction of sp³-hybridized carbons (Fsp3) is 0.304. The molecule has 0 aliphatic rings. The van der Waals surface area contributed by atoms with Gasteiger partial charge in [0.2, 0.25) is 5.91 Å². The van der Waals surface area contributed by atoms with E-state index in [0.29, 0.717) is 31.0 Å².